The summed E-state index contributed by atoms with van der Waals surface area (Å²) in [6.45, 7) is 3.05. The minimum atomic E-state index is -4.46. The van der Waals surface area contributed by atoms with Crippen molar-refractivity contribution in [1.82, 2.24) is 0 Å². The summed E-state index contributed by atoms with van der Waals surface area (Å²) in [5.41, 5.74) is 3.06. The normalized spacial score (nSPS) is 16.5. The second-order valence-corrected chi connectivity index (χ2v) is 7.74. The molecule has 2 nitrogen and oxygen atoms in total. The lowest BCUT2D eigenvalue weighted by atomic mass is 9.85. The predicted molar refractivity (Wildman–Crippen MR) is 105 cm³/mol. The zero-order valence-corrected chi connectivity index (χ0v) is 16.2. The van der Waals surface area contributed by atoms with Gasteiger partial charge in [0.15, 0.2) is 0 Å². The third-order valence-corrected chi connectivity index (χ3v) is 5.46. The van der Waals surface area contributed by atoms with Crippen molar-refractivity contribution < 1.29 is 18.0 Å². The molecular formula is C23H26F3NO. The maximum atomic E-state index is 13.5. The van der Waals surface area contributed by atoms with E-state index in [-0.39, 0.29) is 0 Å². The van der Waals surface area contributed by atoms with Crippen molar-refractivity contribution in [1.29, 1.82) is 0 Å². The van der Waals surface area contributed by atoms with Crippen LogP contribution in [0, 0.1) is 11.8 Å². The highest BCUT2D eigenvalue weighted by molar-refractivity contribution is 5.96. The predicted octanol–water partition coefficient (Wildman–Crippen LogP) is 6.12. The van der Waals surface area contributed by atoms with Crippen LogP contribution in [0.3, 0.4) is 0 Å². The van der Waals surface area contributed by atoms with E-state index in [1.807, 2.05) is 25.1 Å². The molecule has 2 atom stereocenters. The number of benzene rings is 2. The average molecular weight is 389 g/mol. The molecule has 5 heteroatoms. The molecule has 1 amide bonds. The molecule has 0 heterocycles. The fourth-order valence-electron chi connectivity index (χ4n) is 3.47. The number of amides is 1. The largest absolute Gasteiger partial charge is 0.392 e. The van der Waals surface area contributed by atoms with Gasteiger partial charge in [-0.25, -0.2) is 0 Å². The van der Waals surface area contributed by atoms with Gasteiger partial charge in [0.1, 0.15) is 0 Å². The van der Waals surface area contributed by atoms with Gasteiger partial charge in [0.25, 0.3) is 0 Å². The quantitative estimate of drug-likeness (QED) is 0.607. The molecule has 1 aliphatic rings. The van der Waals surface area contributed by atoms with Gasteiger partial charge in [-0.2, -0.15) is 13.2 Å². The zero-order valence-electron chi connectivity index (χ0n) is 16.2. The number of anilines is 1. The first kappa shape index (κ1) is 20.4. The van der Waals surface area contributed by atoms with E-state index in [0.717, 1.165) is 30.9 Å². The number of halogens is 3. The standard InChI is InChI=1S/C23H26F3NO/c1-3-16-9-11-19(12-10-16)21(15(2)23(24,25)26)22(28)27-20-6-4-5-18(14-20)13-17-7-8-17/h4-6,9-12,14-15,17,21H,3,7-8,13H2,1-2H3,(H,27,28)/t15-,21+/m1/s1. The van der Waals surface area contributed by atoms with Crippen molar-refractivity contribution in [3.05, 3.63) is 65.2 Å². The Bertz CT molecular complexity index is 809. The fourth-order valence-corrected chi connectivity index (χ4v) is 3.47. The third-order valence-electron chi connectivity index (χ3n) is 5.46. The molecule has 1 aliphatic carbocycles. The summed E-state index contributed by atoms with van der Waals surface area (Å²) in [6.07, 6.45) is -0.283. The second-order valence-electron chi connectivity index (χ2n) is 7.74. The summed E-state index contributed by atoms with van der Waals surface area (Å²) in [4.78, 5) is 12.9. The topological polar surface area (TPSA) is 29.1 Å². The van der Waals surface area contributed by atoms with E-state index in [1.54, 1.807) is 30.3 Å². The molecule has 0 saturated heterocycles. The van der Waals surface area contributed by atoms with Gasteiger partial charge in [0, 0.05) is 5.69 Å². The average Bonchev–Trinajstić information content (AvgIpc) is 3.46. The van der Waals surface area contributed by atoms with Gasteiger partial charge in [0.2, 0.25) is 5.91 Å². The molecule has 1 N–H and O–H groups in total. The lowest BCUT2D eigenvalue weighted by Gasteiger charge is -2.26. The Morgan fingerprint density at radius 3 is 2.36 bits per heavy atom. The Balaban J connectivity index is 1.83. The maximum absolute atomic E-state index is 13.5. The molecule has 1 fully saturated rings. The smallest absolute Gasteiger partial charge is 0.326 e. The van der Waals surface area contributed by atoms with E-state index in [4.69, 9.17) is 0 Å². The van der Waals surface area contributed by atoms with Gasteiger partial charge in [0.05, 0.1) is 11.8 Å². The van der Waals surface area contributed by atoms with E-state index in [0.29, 0.717) is 17.2 Å². The van der Waals surface area contributed by atoms with Gasteiger partial charge in [-0.15, -0.1) is 0 Å². The van der Waals surface area contributed by atoms with Crippen molar-refractivity contribution in [2.45, 2.75) is 51.6 Å². The lowest BCUT2D eigenvalue weighted by Crippen LogP contribution is -2.34. The van der Waals surface area contributed by atoms with Crippen LogP contribution in [0.5, 0.6) is 0 Å². The van der Waals surface area contributed by atoms with E-state index in [9.17, 15) is 18.0 Å². The van der Waals surface area contributed by atoms with Crippen LogP contribution >= 0.6 is 0 Å². The minimum absolute atomic E-state index is 0.383. The number of hydrogen-bond acceptors (Lipinski definition) is 1. The van der Waals surface area contributed by atoms with Crippen LogP contribution in [0.15, 0.2) is 48.5 Å². The number of carbonyl (C=O) groups is 1. The van der Waals surface area contributed by atoms with Crippen molar-refractivity contribution in [2.24, 2.45) is 11.8 Å². The Morgan fingerprint density at radius 2 is 1.79 bits per heavy atom. The van der Waals surface area contributed by atoms with Gasteiger partial charge in [-0.1, -0.05) is 50.2 Å². The maximum Gasteiger partial charge on any atom is 0.392 e. The fraction of sp³-hybridized carbons (Fsp3) is 0.435. The Labute approximate surface area is 164 Å². The molecule has 28 heavy (non-hydrogen) atoms. The highest BCUT2D eigenvalue weighted by atomic mass is 19.4. The van der Waals surface area contributed by atoms with Crippen molar-refractivity contribution in [3.8, 4) is 0 Å². The lowest BCUT2D eigenvalue weighted by molar-refractivity contribution is -0.178. The number of carbonyl (C=O) groups excluding carboxylic acids is 1. The van der Waals surface area contributed by atoms with Crippen molar-refractivity contribution in [2.75, 3.05) is 5.32 Å². The van der Waals surface area contributed by atoms with Crippen LogP contribution < -0.4 is 5.32 Å². The molecule has 1 saturated carbocycles. The summed E-state index contributed by atoms with van der Waals surface area (Å²) >= 11 is 0. The number of aryl methyl sites for hydroxylation is 1. The highest BCUT2D eigenvalue weighted by Crippen LogP contribution is 2.38. The second kappa shape index (κ2) is 8.38. The molecule has 0 aliphatic heterocycles. The van der Waals surface area contributed by atoms with E-state index in [1.165, 1.54) is 12.8 Å². The number of hydrogen-bond donors (Lipinski definition) is 1. The molecular weight excluding hydrogens is 363 g/mol. The van der Waals surface area contributed by atoms with Crippen LogP contribution in [0.4, 0.5) is 18.9 Å². The highest BCUT2D eigenvalue weighted by Gasteiger charge is 2.44. The summed E-state index contributed by atoms with van der Waals surface area (Å²) in [7, 11) is 0. The number of rotatable bonds is 7. The summed E-state index contributed by atoms with van der Waals surface area (Å²) in [5, 5.41) is 2.72. The van der Waals surface area contributed by atoms with E-state index < -0.39 is 23.9 Å². The summed E-state index contributed by atoms with van der Waals surface area (Å²) < 4.78 is 40.4. The van der Waals surface area contributed by atoms with Crippen LogP contribution in [0.1, 0.15) is 49.3 Å². The molecule has 2 aromatic carbocycles. The first-order valence-corrected chi connectivity index (χ1v) is 9.83. The molecule has 2 aromatic rings. The number of alkyl halides is 3. The van der Waals surface area contributed by atoms with E-state index in [2.05, 4.69) is 5.32 Å². The Kier molecular flexibility index (Phi) is 6.11. The zero-order chi connectivity index (χ0) is 20.3. The summed E-state index contributed by atoms with van der Waals surface area (Å²) in [6, 6.07) is 14.3. The Morgan fingerprint density at radius 1 is 1.11 bits per heavy atom. The van der Waals surface area contributed by atoms with Crippen LogP contribution in [-0.2, 0) is 17.6 Å². The minimum Gasteiger partial charge on any atom is -0.326 e. The van der Waals surface area contributed by atoms with Gasteiger partial charge < -0.3 is 5.32 Å². The molecule has 3 rings (SSSR count). The van der Waals surface area contributed by atoms with Gasteiger partial charge >= 0.3 is 6.18 Å². The first-order valence-electron chi connectivity index (χ1n) is 9.83. The Hall–Kier alpha value is -2.30. The van der Waals surface area contributed by atoms with Crippen LogP contribution in [-0.4, -0.2) is 12.1 Å². The molecule has 0 bridgehead atoms. The number of nitrogens with one attached hydrogen (secondary N) is 1. The van der Waals surface area contributed by atoms with Crippen LogP contribution in [0.2, 0.25) is 0 Å². The first-order chi connectivity index (χ1) is 13.3. The monoisotopic (exact) mass is 389 g/mol. The SMILES string of the molecule is CCc1ccc([C@@H](C(=O)Nc2cccc(CC3CC3)c2)[C@@H](C)C(F)(F)F)cc1. The van der Waals surface area contributed by atoms with E-state index >= 15 is 0 Å². The van der Waals surface area contributed by atoms with Gasteiger partial charge in [-0.3, -0.25) is 4.79 Å². The van der Waals surface area contributed by atoms with Gasteiger partial charge in [-0.05, 0) is 60.4 Å². The molecule has 150 valence electrons. The molecule has 0 unspecified atom stereocenters. The molecule has 0 aromatic heterocycles. The summed E-state index contributed by atoms with van der Waals surface area (Å²) in [5.74, 6) is -3.01. The third kappa shape index (κ3) is 5.15. The van der Waals surface area contributed by atoms with Crippen LogP contribution in [0.25, 0.3) is 0 Å². The van der Waals surface area contributed by atoms with Crippen molar-refractivity contribution in [3.63, 3.8) is 0 Å². The van der Waals surface area contributed by atoms with Crippen molar-refractivity contribution >= 4 is 11.6 Å². The molecule has 0 radical (unpaired) electrons. The molecule has 0 spiro atoms.